The van der Waals surface area contributed by atoms with Crippen LogP contribution in [-0.2, 0) is 16.6 Å². The smallest absolute Gasteiger partial charge is 0.422 e. The Balaban J connectivity index is 1.65. The van der Waals surface area contributed by atoms with Crippen LogP contribution >= 0.6 is 0 Å². The summed E-state index contributed by atoms with van der Waals surface area (Å²) in [5, 5.41) is 2.61. The fourth-order valence-electron chi connectivity index (χ4n) is 2.87. The Hall–Kier alpha value is -3.73. The molecule has 0 radical (unpaired) electrons. The van der Waals surface area contributed by atoms with Crippen molar-refractivity contribution in [2.45, 2.75) is 17.6 Å². The molecule has 0 aliphatic carbocycles. The van der Waals surface area contributed by atoms with Crippen molar-refractivity contribution in [3.05, 3.63) is 83.9 Å². The number of rotatable bonds is 9. The first-order chi connectivity index (χ1) is 16.1. The van der Waals surface area contributed by atoms with Gasteiger partial charge in [0.2, 0.25) is 0 Å². The van der Waals surface area contributed by atoms with E-state index in [0.717, 1.165) is 0 Å². The van der Waals surface area contributed by atoms with Crippen molar-refractivity contribution >= 4 is 21.6 Å². The summed E-state index contributed by atoms with van der Waals surface area (Å²) < 4.78 is 74.5. The molecule has 0 aromatic heterocycles. The highest BCUT2D eigenvalue weighted by Crippen LogP contribution is 2.21. The van der Waals surface area contributed by atoms with Gasteiger partial charge in [0.25, 0.3) is 15.9 Å². The van der Waals surface area contributed by atoms with E-state index in [1.807, 2.05) is 0 Å². The van der Waals surface area contributed by atoms with Crippen LogP contribution < -0.4 is 19.5 Å². The molecule has 0 atom stereocenters. The third-order valence-corrected chi connectivity index (χ3v) is 5.88. The Bertz CT molecular complexity index is 1250. The maximum atomic E-state index is 12.7. The topological polar surface area (TPSA) is 93.7 Å². The predicted molar refractivity (Wildman–Crippen MR) is 119 cm³/mol. The van der Waals surface area contributed by atoms with Gasteiger partial charge >= 0.3 is 6.18 Å². The number of hydrogen-bond acceptors (Lipinski definition) is 5. The molecule has 2 N–H and O–H groups in total. The first-order valence-electron chi connectivity index (χ1n) is 9.89. The molecule has 3 rings (SSSR count). The van der Waals surface area contributed by atoms with Crippen molar-refractivity contribution in [3.8, 4) is 11.5 Å². The lowest BCUT2D eigenvalue weighted by molar-refractivity contribution is -0.153. The Morgan fingerprint density at radius 3 is 2.32 bits per heavy atom. The van der Waals surface area contributed by atoms with Gasteiger partial charge in [-0.05, 0) is 60.2 Å². The second-order valence-corrected chi connectivity index (χ2v) is 8.78. The first kappa shape index (κ1) is 24.9. The number of methoxy groups -OCH3 is 1. The number of halogens is 3. The Labute approximate surface area is 194 Å². The number of carbonyl (C=O) groups excluding carboxylic acids is 1. The molecule has 0 saturated heterocycles. The van der Waals surface area contributed by atoms with Crippen LogP contribution in [0.25, 0.3) is 0 Å². The second-order valence-electron chi connectivity index (χ2n) is 7.10. The fourth-order valence-corrected chi connectivity index (χ4v) is 3.98. The van der Waals surface area contributed by atoms with Crippen LogP contribution in [0.5, 0.6) is 11.5 Å². The summed E-state index contributed by atoms with van der Waals surface area (Å²) >= 11 is 0. The van der Waals surface area contributed by atoms with E-state index in [1.54, 1.807) is 30.3 Å². The average Bonchev–Trinajstić information content (AvgIpc) is 2.81. The van der Waals surface area contributed by atoms with Crippen molar-refractivity contribution in [2.24, 2.45) is 0 Å². The van der Waals surface area contributed by atoms with Gasteiger partial charge < -0.3 is 14.8 Å². The van der Waals surface area contributed by atoms with Gasteiger partial charge in [0, 0.05) is 17.8 Å². The summed E-state index contributed by atoms with van der Waals surface area (Å²) in [7, 11) is -2.47. The highest BCUT2D eigenvalue weighted by molar-refractivity contribution is 7.92. The van der Waals surface area contributed by atoms with Crippen LogP contribution in [0.1, 0.15) is 15.9 Å². The van der Waals surface area contributed by atoms with Crippen molar-refractivity contribution < 1.29 is 35.9 Å². The molecule has 3 aromatic rings. The molecular formula is C23H21F3N2O5S. The molecule has 180 valence electrons. The first-order valence-corrected chi connectivity index (χ1v) is 11.4. The molecule has 0 spiro atoms. The molecule has 0 saturated carbocycles. The highest BCUT2D eigenvalue weighted by Gasteiger charge is 2.28. The van der Waals surface area contributed by atoms with Crippen molar-refractivity contribution in [2.75, 3.05) is 18.4 Å². The van der Waals surface area contributed by atoms with Crippen molar-refractivity contribution in [3.63, 3.8) is 0 Å². The number of carbonyl (C=O) groups is 1. The standard InChI is InChI=1S/C23H21F3N2O5S/c1-32-19-10-8-18(9-11-19)28-34(30,31)21-7-3-5-17(13-21)22(29)27-14-16-4-2-6-20(12-16)33-15-23(24,25)26/h2-13,28H,14-15H2,1H3,(H,27,29). The SMILES string of the molecule is COc1ccc(NS(=O)(=O)c2cccc(C(=O)NCc3cccc(OCC(F)(F)F)c3)c2)cc1. The Morgan fingerprint density at radius 2 is 1.65 bits per heavy atom. The van der Waals surface area contributed by atoms with E-state index in [1.165, 1.54) is 49.6 Å². The lowest BCUT2D eigenvalue weighted by Crippen LogP contribution is -2.23. The third-order valence-electron chi connectivity index (χ3n) is 4.50. The molecule has 0 aliphatic heterocycles. The van der Waals surface area contributed by atoms with Crippen LogP contribution in [0.3, 0.4) is 0 Å². The number of nitrogens with one attached hydrogen (secondary N) is 2. The minimum absolute atomic E-state index is 0.00310. The normalized spacial score (nSPS) is 11.5. The van der Waals surface area contributed by atoms with Gasteiger partial charge in [-0.3, -0.25) is 9.52 Å². The number of sulfonamides is 1. The van der Waals surface area contributed by atoms with E-state index in [-0.39, 0.29) is 22.8 Å². The third kappa shape index (κ3) is 7.14. The van der Waals surface area contributed by atoms with E-state index in [9.17, 15) is 26.4 Å². The van der Waals surface area contributed by atoms with E-state index in [2.05, 4.69) is 10.0 Å². The zero-order chi connectivity index (χ0) is 24.8. The second kappa shape index (κ2) is 10.5. The maximum Gasteiger partial charge on any atom is 0.422 e. The predicted octanol–water partition coefficient (Wildman–Crippen LogP) is 4.37. The van der Waals surface area contributed by atoms with Crippen LogP contribution in [0.2, 0.25) is 0 Å². The average molecular weight is 494 g/mol. The van der Waals surface area contributed by atoms with Gasteiger partial charge in [0.05, 0.1) is 12.0 Å². The fraction of sp³-hybridized carbons (Fsp3) is 0.174. The molecular weight excluding hydrogens is 473 g/mol. The lowest BCUT2D eigenvalue weighted by atomic mass is 10.2. The number of benzene rings is 3. The summed E-state index contributed by atoms with van der Waals surface area (Å²) in [6.07, 6.45) is -4.46. The van der Waals surface area contributed by atoms with Gasteiger partial charge in [-0.2, -0.15) is 13.2 Å². The number of ether oxygens (including phenoxy) is 2. The van der Waals surface area contributed by atoms with Crippen LogP contribution in [0.4, 0.5) is 18.9 Å². The van der Waals surface area contributed by atoms with Gasteiger partial charge in [0.15, 0.2) is 6.61 Å². The molecule has 34 heavy (non-hydrogen) atoms. The van der Waals surface area contributed by atoms with Gasteiger partial charge in [-0.25, -0.2) is 8.42 Å². The molecule has 0 aliphatic rings. The molecule has 1 amide bonds. The summed E-state index contributed by atoms with van der Waals surface area (Å²) in [5.41, 5.74) is 0.934. The summed E-state index contributed by atoms with van der Waals surface area (Å²) in [6.45, 7) is -1.42. The number of hydrogen-bond donors (Lipinski definition) is 2. The quantitative estimate of drug-likeness (QED) is 0.461. The summed E-state index contributed by atoms with van der Waals surface area (Å²) in [6, 6.07) is 17.6. The molecule has 7 nitrogen and oxygen atoms in total. The van der Waals surface area contributed by atoms with Gasteiger partial charge in [-0.1, -0.05) is 18.2 Å². The van der Waals surface area contributed by atoms with E-state index in [0.29, 0.717) is 17.0 Å². The zero-order valence-corrected chi connectivity index (χ0v) is 18.7. The molecule has 11 heteroatoms. The lowest BCUT2D eigenvalue weighted by Gasteiger charge is -2.12. The van der Waals surface area contributed by atoms with Crippen LogP contribution in [0.15, 0.2) is 77.7 Å². The summed E-state index contributed by atoms with van der Waals surface area (Å²) in [5.74, 6) is 0.0314. The summed E-state index contributed by atoms with van der Waals surface area (Å²) in [4.78, 5) is 12.4. The zero-order valence-electron chi connectivity index (χ0n) is 17.9. The van der Waals surface area contributed by atoms with Gasteiger partial charge in [-0.15, -0.1) is 0 Å². The minimum atomic E-state index is -4.46. The Kier molecular flexibility index (Phi) is 7.67. The monoisotopic (exact) mass is 494 g/mol. The molecule has 0 bridgehead atoms. The molecule has 0 fully saturated rings. The van der Waals surface area contributed by atoms with Crippen molar-refractivity contribution in [1.29, 1.82) is 0 Å². The van der Waals surface area contributed by atoms with Crippen LogP contribution in [0, 0.1) is 0 Å². The minimum Gasteiger partial charge on any atom is -0.497 e. The number of alkyl halides is 3. The van der Waals surface area contributed by atoms with E-state index in [4.69, 9.17) is 9.47 Å². The molecule has 0 heterocycles. The maximum absolute atomic E-state index is 12.7. The number of amides is 1. The van der Waals surface area contributed by atoms with Gasteiger partial charge in [0.1, 0.15) is 11.5 Å². The van der Waals surface area contributed by atoms with E-state index >= 15 is 0 Å². The molecule has 3 aromatic carbocycles. The Morgan fingerprint density at radius 1 is 0.941 bits per heavy atom. The van der Waals surface area contributed by atoms with Crippen molar-refractivity contribution in [1.82, 2.24) is 5.32 Å². The highest BCUT2D eigenvalue weighted by atomic mass is 32.2. The van der Waals surface area contributed by atoms with E-state index < -0.39 is 28.7 Å². The van der Waals surface area contributed by atoms with Crippen LogP contribution in [-0.4, -0.2) is 34.2 Å². The molecule has 0 unspecified atom stereocenters. The number of anilines is 1. The largest absolute Gasteiger partial charge is 0.497 e.